The Kier molecular flexibility index (Phi) is 13.9. The number of nitrogens with zero attached hydrogens (tertiary/aromatic N) is 6. The minimum Gasteiger partial charge on any atom is -0.480 e. The molecule has 31 heavy (non-hydrogen) atoms. The fraction of sp³-hybridized carbons (Fsp3) is 0.905. The van der Waals surface area contributed by atoms with E-state index < -0.39 is 11.9 Å². The smallest absolute Gasteiger partial charge is 0.317 e. The van der Waals surface area contributed by atoms with Crippen molar-refractivity contribution in [2.75, 3.05) is 119 Å². The lowest BCUT2D eigenvalue weighted by molar-refractivity contribution is -0.139. The number of hydrogen-bond donors (Lipinski definition) is 2. The first-order valence-electron chi connectivity index (χ1n) is 11.4. The second-order valence-corrected chi connectivity index (χ2v) is 8.68. The molecule has 1 saturated heterocycles. The standard InChI is InChI=1S/C21H44N6O4/c1-5-25-14-16-26(18-20(28)29)12-10-23(3)8-6-22(2)7-9-24(4)11-13-27(17-15-25)19-21(30)31/h5-19H2,1-4H3,(H,28,29)(H,30,31). The minimum absolute atomic E-state index is 0.0444. The molecule has 0 aromatic heterocycles. The molecule has 2 N–H and O–H groups in total. The molecule has 0 saturated carbocycles. The SMILES string of the molecule is CCN1CCN(CC(=O)O)CCN(C)CCN(C)CCN(C)CCN(CC(=O)O)CC1. The predicted molar refractivity (Wildman–Crippen MR) is 123 cm³/mol. The van der Waals surface area contributed by atoms with Gasteiger partial charge in [-0.15, -0.1) is 0 Å². The predicted octanol–water partition coefficient (Wildman–Crippen LogP) is -1.11. The first kappa shape index (κ1) is 27.7. The molecule has 1 aliphatic heterocycles. The topological polar surface area (TPSA) is 94.0 Å². The maximum Gasteiger partial charge on any atom is 0.317 e. The molecule has 0 aromatic rings. The number of carboxylic acid groups (broad SMARTS) is 2. The number of likely N-dealkylation sites (N-methyl/N-ethyl adjacent to an activating group) is 4. The van der Waals surface area contributed by atoms with Crippen LogP contribution in [0.1, 0.15) is 6.92 Å². The van der Waals surface area contributed by atoms with Gasteiger partial charge in [0.1, 0.15) is 0 Å². The second kappa shape index (κ2) is 15.5. The molecule has 0 aromatic carbocycles. The number of aliphatic carboxylic acids is 2. The monoisotopic (exact) mass is 444 g/mol. The summed E-state index contributed by atoms with van der Waals surface area (Å²) < 4.78 is 0. The van der Waals surface area contributed by atoms with Crippen molar-refractivity contribution in [2.24, 2.45) is 0 Å². The quantitative estimate of drug-likeness (QED) is 0.544. The molecule has 0 unspecified atom stereocenters. The number of carboxylic acids is 2. The molecule has 0 aliphatic carbocycles. The van der Waals surface area contributed by atoms with E-state index in [1.807, 2.05) is 9.80 Å². The van der Waals surface area contributed by atoms with Crippen molar-refractivity contribution >= 4 is 11.9 Å². The van der Waals surface area contributed by atoms with E-state index in [-0.39, 0.29) is 13.1 Å². The van der Waals surface area contributed by atoms with Gasteiger partial charge < -0.3 is 29.8 Å². The number of hydrogen-bond acceptors (Lipinski definition) is 8. The summed E-state index contributed by atoms with van der Waals surface area (Å²) in [5.41, 5.74) is 0. The largest absolute Gasteiger partial charge is 0.480 e. The summed E-state index contributed by atoms with van der Waals surface area (Å²) in [6, 6.07) is 0. The van der Waals surface area contributed by atoms with E-state index in [4.69, 9.17) is 0 Å². The van der Waals surface area contributed by atoms with Gasteiger partial charge in [-0.1, -0.05) is 6.92 Å². The Morgan fingerprint density at radius 2 is 0.806 bits per heavy atom. The molecule has 10 heteroatoms. The molecular formula is C21H44N6O4. The van der Waals surface area contributed by atoms with E-state index >= 15 is 0 Å². The number of carbonyl (C=O) groups is 2. The highest BCUT2D eigenvalue weighted by Gasteiger charge is 2.16. The van der Waals surface area contributed by atoms with Crippen molar-refractivity contribution < 1.29 is 19.8 Å². The van der Waals surface area contributed by atoms with E-state index in [1.165, 1.54) is 0 Å². The van der Waals surface area contributed by atoms with Crippen LogP contribution in [0.3, 0.4) is 0 Å². The van der Waals surface area contributed by atoms with Crippen molar-refractivity contribution in [3.05, 3.63) is 0 Å². The minimum atomic E-state index is -0.802. The van der Waals surface area contributed by atoms with Gasteiger partial charge in [-0.05, 0) is 27.7 Å². The molecule has 182 valence electrons. The van der Waals surface area contributed by atoms with E-state index in [9.17, 15) is 19.8 Å². The van der Waals surface area contributed by atoms with Crippen molar-refractivity contribution in [1.29, 1.82) is 0 Å². The van der Waals surface area contributed by atoms with E-state index in [0.717, 1.165) is 72.0 Å². The van der Waals surface area contributed by atoms with Crippen LogP contribution < -0.4 is 0 Å². The first-order valence-corrected chi connectivity index (χ1v) is 11.4. The van der Waals surface area contributed by atoms with E-state index in [2.05, 4.69) is 47.7 Å². The van der Waals surface area contributed by atoms with Crippen LogP contribution in [-0.2, 0) is 9.59 Å². The molecule has 0 spiro atoms. The van der Waals surface area contributed by atoms with Gasteiger partial charge >= 0.3 is 11.9 Å². The summed E-state index contributed by atoms with van der Waals surface area (Å²) in [5.74, 6) is -1.60. The third-order valence-electron chi connectivity index (χ3n) is 5.95. The number of rotatable bonds is 5. The highest BCUT2D eigenvalue weighted by Crippen LogP contribution is 1.99. The van der Waals surface area contributed by atoms with Gasteiger partial charge in [0.25, 0.3) is 0 Å². The molecule has 1 heterocycles. The zero-order chi connectivity index (χ0) is 23.2. The molecular weight excluding hydrogens is 400 g/mol. The molecule has 0 amide bonds. The van der Waals surface area contributed by atoms with Crippen LogP contribution in [0.25, 0.3) is 0 Å². The van der Waals surface area contributed by atoms with Gasteiger partial charge in [-0.25, -0.2) is 0 Å². The van der Waals surface area contributed by atoms with Crippen LogP contribution in [0.2, 0.25) is 0 Å². The van der Waals surface area contributed by atoms with Gasteiger partial charge in [0, 0.05) is 78.5 Å². The van der Waals surface area contributed by atoms with Crippen LogP contribution in [-0.4, -0.2) is 171 Å². The summed E-state index contributed by atoms with van der Waals surface area (Å²) in [6.45, 7) is 12.9. The summed E-state index contributed by atoms with van der Waals surface area (Å²) in [5, 5.41) is 18.6. The lowest BCUT2D eigenvalue weighted by Crippen LogP contribution is -2.45. The Morgan fingerprint density at radius 1 is 0.548 bits per heavy atom. The molecule has 0 atom stereocenters. The third kappa shape index (κ3) is 13.7. The van der Waals surface area contributed by atoms with Crippen LogP contribution in [0.15, 0.2) is 0 Å². The zero-order valence-corrected chi connectivity index (χ0v) is 20.0. The maximum atomic E-state index is 11.3. The van der Waals surface area contributed by atoms with Gasteiger partial charge in [-0.2, -0.15) is 0 Å². The summed E-state index contributed by atoms with van der Waals surface area (Å²) in [4.78, 5) is 35.7. The second-order valence-electron chi connectivity index (χ2n) is 8.68. The van der Waals surface area contributed by atoms with E-state index in [0.29, 0.717) is 13.1 Å². The molecule has 0 radical (unpaired) electrons. The van der Waals surface area contributed by atoms with Crippen molar-refractivity contribution in [2.45, 2.75) is 6.92 Å². The van der Waals surface area contributed by atoms with E-state index in [1.54, 1.807) is 0 Å². The summed E-state index contributed by atoms with van der Waals surface area (Å²) >= 11 is 0. The summed E-state index contributed by atoms with van der Waals surface area (Å²) in [6.07, 6.45) is 0. The van der Waals surface area contributed by atoms with Crippen LogP contribution >= 0.6 is 0 Å². The molecule has 1 aliphatic rings. The Bertz CT molecular complexity index is 482. The average molecular weight is 445 g/mol. The van der Waals surface area contributed by atoms with Crippen molar-refractivity contribution in [3.8, 4) is 0 Å². The molecule has 1 rings (SSSR count). The Hall–Kier alpha value is -1.30. The summed E-state index contributed by atoms with van der Waals surface area (Å²) in [7, 11) is 6.30. The van der Waals surface area contributed by atoms with Crippen LogP contribution in [0, 0.1) is 0 Å². The van der Waals surface area contributed by atoms with Crippen molar-refractivity contribution in [1.82, 2.24) is 29.4 Å². The normalized spacial score (nSPS) is 22.7. The van der Waals surface area contributed by atoms with Gasteiger partial charge in [0.15, 0.2) is 0 Å². The lowest BCUT2D eigenvalue weighted by atomic mass is 10.3. The Morgan fingerprint density at radius 3 is 1.10 bits per heavy atom. The molecule has 10 nitrogen and oxygen atoms in total. The van der Waals surface area contributed by atoms with Crippen LogP contribution in [0.5, 0.6) is 0 Å². The Labute approximate surface area is 188 Å². The van der Waals surface area contributed by atoms with Gasteiger partial charge in [0.2, 0.25) is 0 Å². The zero-order valence-electron chi connectivity index (χ0n) is 20.0. The van der Waals surface area contributed by atoms with Crippen molar-refractivity contribution in [3.63, 3.8) is 0 Å². The third-order valence-corrected chi connectivity index (χ3v) is 5.95. The van der Waals surface area contributed by atoms with Gasteiger partial charge in [0.05, 0.1) is 13.1 Å². The Balaban J connectivity index is 2.80. The average Bonchev–Trinajstić information content (AvgIpc) is 2.70. The first-order chi connectivity index (χ1) is 14.7. The van der Waals surface area contributed by atoms with Gasteiger partial charge in [-0.3, -0.25) is 19.4 Å². The fourth-order valence-corrected chi connectivity index (χ4v) is 3.56. The highest BCUT2D eigenvalue weighted by atomic mass is 16.4. The highest BCUT2D eigenvalue weighted by molar-refractivity contribution is 5.69. The van der Waals surface area contributed by atoms with Crippen LogP contribution in [0.4, 0.5) is 0 Å². The fourth-order valence-electron chi connectivity index (χ4n) is 3.56. The molecule has 0 bridgehead atoms. The maximum absolute atomic E-state index is 11.3. The lowest BCUT2D eigenvalue weighted by Gasteiger charge is -2.31. The molecule has 1 fully saturated rings.